The summed E-state index contributed by atoms with van der Waals surface area (Å²) in [6.45, 7) is 2.14. The summed E-state index contributed by atoms with van der Waals surface area (Å²) in [5.74, 6) is -0.290. The third-order valence-corrected chi connectivity index (χ3v) is 7.06. The van der Waals surface area contributed by atoms with E-state index in [-0.39, 0.29) is 10.8 Å². The van der Waals surface area contributed by atoms with E-state index in [4.69, 9.17) is 0 Å². The van der Waals surface area contributed by atoms with Gasteiger partial charge in [-0.15, -0.1) is 0 Å². The van der Waals surface area contributed by atoms with E-state index in [2.05, 4.69) is 17.4 Å². The van der Waals surface area contributed by atoms with Gasteiger partial charge in [-0.2, -0.15) is 0 Å². The fourth-order valence-electron chi connectivity index (χ4n) is 3.74. The summed E-state index contributed by atoms with van der Waals surface area (Å²) in [7, 11) is -3.74. The predicted molar refractivity (Wildman–Crippen MR) is 111 cm³/mol. The lowest BCUT2D eigenvalue weighted by Crippen LogP contribution is -2.47. The number of anilines is 1. The summed E-state index contributed by atoms with van der Waals surface area (Å²) in [5.41, 5.74) is 1.79. The molecule has 6 heteroatoms. The highest BCUT2D eigenvalue weighted by atomic mass is 32.2. The number of benzene rings is 3. The van der Waals surface area contributed by atoms with Crippen LogP contribution in [-0.4, -0.2) is 26.9 Å². The third-order valence-electron chi connectivity index (χ3n) is 5.13. The maximum Gasteiger partial charge on any atom is 0.265 e. The molecule has 1 aliphatic heterocycles. The minimum Gasteiger partial charge on any atom is -0.354 e. The lowest BCUT2D eigenvalue weighted by atomic mass is 10.1. The van der Waals surface area contributed by atoms with Gasteiger partial charge in [0.2, 0.25) is 5.91 Å². The Morgan fingerprint density at radius 1 is 1.00 bits per heavy atom. The Morgan fingerprint density at radius 3 is 2.46 bits per heavy atom. The smallest absolute Gasteiger partial charge is 0.265 e. The molecule has 0 saturated heterocycles. The molecule has 1 aliphatic rings. The van der Waals surface area contributed by atoms with E-state index in [0.717, 1.165) is 18.2 Å². The van der Waals surface area contributed by atoms with Crippen molar-refractivity contribution in [1.29, 1.82) is 0 Å². The zero-order valence-corrected chi connectivity index (χ0v) is 16.4. The summed E-state index contributed by atoms with van der Waals surface area (Å²) < 4.78 is 27.4. The molecular weight excluding hydrogens is 372 g/mol. The van der Waals surface area contributed by atoms with Gasteiger partial charge in [-0.1, -0.05) is 54.6 Å². The molecule has 1 amide bonds. The maximum atomic E-state index is 13.1. The van der Waals surface area contributed by atoms with Crippen LogP contribution in [0.5, 0.6) is 0 Å². The van der Waals surface area contributed by atoms with Crippen molar-refractivity contribution in [1.82, 2.24) is 5.32 Å². The van der Waals surface area contributed by atoms with Crippen LogP contribution in [0.25, 0.3) is 10.8 Å². The van der Waals surface area contributed by atoms with Crippen LogP contribution in [0.15, 0.2) is 71.6 Å². The Bertz CT molecular complexity index is 1120. The highest BCUT2D eigenvalue weighted by Crippen LogP contribution is 2.43. The van der Waals surface area contributed by atoms with Crippen LogP contribution in [-0.2, 0) is 21.2 Å². The molecule has 0 aromatic heterocycles. The van der Waals surface area contributed by atoms with E-state index >= 15 is 0 Å². The molecule has 0 fully saturated rings. The molecule has 0 unspecified atom stereocenters. The molecular formula is C22H22N2O3S. The first-order chi connectivity index (χ1) is 13.5. The van der Waals surface area contributed by atoms with E-state index < -0.39 is 16.1 Å². The SMILES string of the molecule is C[C@@H](C(=O)NCCCc1ccccc1)N1c2cccc3cccc(c23)S1(=O)=O. The number of sulfonamides is 1. The highest BCUT2D eigenvalue weighted by molar-refractivity contribution is 7.93. The Kier molecular flexibility index (Phi) is 4.81. The first-order valence-electron chi connectivity index (χ1n) is 9.38. The van der Waals surface area contributed by atoms with Crippen LogP contribution < -0.4 is 9.62 Å². The average Bonchev–Trinajstić information content (AvgIpc) is 2.94. The summed E-state index contributed by atoms with van der Waals surface area (Å²) in [6, 6.07) is 19.9. The summed E-state index contributed by atoms with van der Waals surface area (Å²) in [5, 5.41) is 4.43. The molecule has 3 aromatic carbocycles. The second-order valence-corrected chi connectivity index (χ2v) is 8.77. The molecule has 0 aliphatic carbocycles. The van der Waals surface area contributed by atoms with Crippen molar-refractivity contribution in [3.8, 4) is 0 Å². The summed E-state index contributed by atoms with van der Waals surface area (Å²) >= 11 is 0. The van der Waals surface area contributed by atoms with Gasteiger partial charge in [0.25, 0.3) is 10.0 Å². The van der Waals surface area contributed by atoms with Crippen molar-refractivity contribution in [2.45, 2.75) is 30.7 Å². The number of rotatable bonds is 6. The first-order valence-corrected chi connectivity index (χ1v) is 10.8. The molecule has 4 rings (SSSR count). The van der Waals surface area contributed by atoms with Gasteiger partial charge in [-0.05, 0) is 42.8 Å². The zero-order valence-electron chi connectivity index (χ0n) is 15.6. The minimum absolute atomic E-state index is 0.268. The first kappa shape index (κ1) is 18.5. The largest absolute Gasteiger partial charge is 0.354 e. The molecule has 0 bridgehead atoms. The Hall–Kier alpha value is -2.86. The summed E-state index contributed by atoms with van der Waals surface area (Å²) in [6.07, 6.45) is 1.66. The number of nitrogens with one attached hydrogen (secondary N) is 1. The van der Waals surface area contributed by atoms with Crippen LogP contribution in [0.4, 0.5) is 5.69 Å². The molecule has 0 radical (unpaired) electrons. The molecule has 0 saturated carbocycles. The van der Waals surface area contributed by atoms with E-state index in [0.29, 0.717) is 17.6 Å². The van der Waals surface area contributed by atoms with Crippen molar-refractivity contribution >= 4 is 32.4 Å². The van der Waals surface area contributed by atoms with Crippen LogP contribution in [0, 0.1) is 0 Å². The normalized spacial score (nSPS) is 15.5. The van der Waals surface area contributed by atoms with E-state index in [1.54, 1.807) is 25.1 Å². The number of amides is 1. The van der Waals surface area contributed by atoms with Gasteiger partial charge in [0.15, 0.2) is 0 Å². The van der Waals surface area contributed by atoms with Gasteiger partial charge < -0.3 is 5.32 Å². The predicted octanol–water partition coefficient (Wildman–Crippen LogP) is 3.49. The van der Waals surface area contributed by atoms with Crippen molar-refractivity contribution in [3.63, 3.8) is 0 Å². The van der Waals surface area contributed by atoms with Crippen LogP contribution in [0.3, 0.4) is 0 Å². The Labute approximate surface area is 165 Å². The Morgan fingerprint density at radius 2 is 1.71 bits per heavy atom. The highest BCUT2D eigenvalue weighted by Gasteiger charge is 2.40. The van der Waals surface area contributed by atoms with Crippen LogP contribution in [0.2, 0.25) is 0 Å². The molecule has 1 N–H and O–H groups in total. The number of carbonyl (C=O) groups excluding carboxylic acids is 1. The minimum atomic E-state index is -3.74. The zero-order chi connectivity index (χ0) is 19.7. The van der Waals surface area contributed by atoms with Gasteiger partial charge in [0.1, 0.15) is 6.04 Å². The standard InChI is InChI=1S/C22H22N2O3S/c1-16(22(25)23-15-7-10-17-8-3-2-4-9-17)24-19-13-5-11-18-12-6-14-20(21(18)19)28(24,26)27/h2-6,8-9,11-14,16H,7,10,15H2,1H3,(H,23,25)/t16-/m0/s1. The monoisotopic (exact) mass is 394 g/mol. The lowest BCUT2D eigenvalue weighted by Gasteiger charge is -2.25. The van der Waals surface area contributed by atoms with Gasteiger partial charge in [-0.3, -0.25) is 9.10 Å². The van der Waals surface area contributed by atoms with Gasteiger partial charge in [-0.25, -0.2) is 8.42 Å². The van der Waals surface area contributed by atoms with Crippen molar-refractivity contribution in [2.24, 2.45) is 0 Å². The second-order valence-electron chi connectivity index (χ2n) is 6.99. The average molecular weight is 394 g/mol. The molecule has 5 nitrogen and oxygen atoms in total. The topological polar surface area (TPSA) is 66.5 Å². The molecule has 0 spiro atoms. The number of hydrogen-bond donors (Lipinski definition) is 1. The molecule has 1 atom stereocenters. The fraction of sp³-hybridized carbons (Fsp3) is 0.227. The van der Waals surface area contributed by atoms with Crippen molar-refractivity contribution in [2.75, 3.05) is 10.8 Å². The van der Waals surface area contributed by atoms with Crippen molar-refractivity contribution < 1.29 is 13.2 Å². The van der Waals surface area contributed by atoms with E-state index in [1.807, 2.05) is 36.4 Å². The molecule has 1 heterocycles. The number of aryl methyl sites for hydroxylation is 1. The molecule has 144 valence electrons. The second kappa shape index (κ2) is 7.28. The quantitative estimate of drug-likeness (QED) is 0.651. The van der Waals surface area contributed by atoms with Gasteiger partial charge in [0, 0.05) is 11.9 Å². The lowest BCUT2D eigenvalue weighted by molar-refractivity contribution is -0.121. The van der Waals surface area contributed by atoms with Gasteiger partial charge >= 0.3 is 0 Å². The number of hydrogen-bond acceptors (Lipinski definition) is 3. The maximum absolute atomic E-state index is 13.1. The number of carbonyl (C=O) groups is 1. The van der Waals surface area contributed by atoms with E-state index in [1.165, 1.54) is 9.87 Å². The third kappa shape index (κ3) is 3.14. The summed E-state index contributed by atoms with van der Waals surface area (Å²) in [4.78, 5) is 13.0. The van der Waals surface area contributed by atoms with Crippen LogP contribution >= 0.6 is 0 Å². The molecule has 28 heavy (non-hydrogen) atoms. The van der Waals surface area contributed by atoms with E-state index in [9.17, 15) is 13.2 Å². The van der Waals surface area contributed by atoms with Crippen molar-refractivity contribution in [3.05, 3.63) is 72.3 Å². The number of nitrogens with zero attached hydrogens (tertiary/aromatic N) is 1. The fourth-order valence-corrected chi connectivity index (χ4v) is 5.61. The Balaban J connectivity index is 1.48. The van der Waals surface area contributed by atoms with Gasteiger partial charge in [0.05, 0.1) is 10.6 Å². The van der Waals surface area contributed by atoms with Crippen LogP contribution in [0.1, 0.15) is 18.9 Å². The molecule has 3 aromatic rings.